The Hall–Kier alpha value is -3.70. The van der Waals surface area contributed by atoms with Crippen LogP contribution >= 0.6 is 22.7 Å². The fraction of sp³-hybridized carbons (Fsp3) is 0.217. The number of amides is 3. The molecule has 9 nitrogen and oxygen atoms in total. The third kappa shape index (κ3) is 6.42. The largest absolute Gasteiger partial charge is 0.508 e. The van der Waals surface area contributed by atoms with E-state index in [9.17, 15) is 29.4 Å². The van der Waals surface area contributed by atoms with Crippen LogP contribution in [0.5, 0.6) is 5.75 Å². The number of phenolic OH excluding ortho intramolecular Hbond substituents is 1. The summed E-state index contributed by atoms with van der Waals surface area (Å²) in [5.41, 5.74) is 1.32. The van der Waals surface area contributed by atoms with Crippen molar-refractivity contribution in [3.63, 3.8) is 0 Å². The molecular formula is C23H23N3O6S2. The zero-order chi connectivity index (χ0) is 24.7. The van der Waals surface area contributed by atoms with Gasteiger partial charge in [-0.1, -0.05) is 25.1 Å². The van der Waals surface area contributed by atoms with Crippen molar-refractivity contribution in [3.05, 3.63) is 73.6 Å². The second kappa shape index (κ2) is 11.4. The maximum absolute atomic E-state index is 12.8. The van der Waals surface area contributed by atoms with Crippen molar-refractivity contribution in [2.45, 2.75) is 25.9 Å². The number of phenols is 1. The summed E-state index contributed by atoms with van der Waals surface area (Å²) < 4.78 is 0. The van der Waals surface area contributed by atoms with Gasteiger partial charge in [-0.3, -0.25) is 14.4 Å². The number of aliphatic carboxylic acids is 1. The van der Waals surface area contributed by atoms with E-state index in [4.69, 9.17) is 0 Å². The van der Waals surface area contributed by atoms with Gasteiger partial charge in [-0.25, -0.2) is 4.79 Å². The predicted molar refractivity (Wildman–Crippen MR) is 129 cm³/mol. The molecule has 1 aromatic carbocycles. The minimum absolute atomic E-state index is 0.0923. The van der Waals surface area contributed by atoms with E-state index in [0.717, 1.165) is 11.3 Å². The lowest BCUT2D eigenvalue weighted by Gasteiger charge is -2.15. The number of thiophene rings is 2. The van der Waals surface area contributed by atoms with Crippen molar-refractivity contribution < 1.29 is 29.4 Å². The molecule has 0 spiro atoms. The van der Waals surface area contributed by atoms with E-state index in [1.54, 1.807) is 35.7 Å². The number of rotatable bonds is 10. The van der Waals surface area contributed by atoms with Crippen LogP contribution in [0, 0.1) is 0 Å². The molecule has 1 unspecified atom stereocenters. The SMILES string of the molecule is CCc1cc(C(=O)NCc2cccc(O)c2)sc1C(=O)NC(CNC(=O)c1cccs1)C(=O)O. The lowest BCUT2D eigenvalue weighted by atomic mass is 10.1. The van der Waals surface area contributed by atoms with Gasteiger partial charge in [0.2, 0.25) is 0 Å². The fourth-order valence-electron chi connectivity index (χ4n) is 3.04. The van der Waals surface area contributed by atoms with Crippen LogP contribution in [0.3, 0.4) is 0 Å². The molecule has 3 aromatic rings. The summed E-state index contributed by atoms with van der Waals surface area (Å²) in [6, 6.07) is 10.1. The molecular weight excluding hydrogens is 478 g/mol. The summed E-state index contributed by atoms with van der Waals surface area (Å²) >= 11 is 2.18. The lowest BCUT2D eigenvalue weighted by Crippen LogP contribution is -2.48. The van der Waals surface area contributed by atoms with Gasteiger partial charge >= 0.3 is 5.97 Å². The number of aromatic hydroxyl groups is 1. The van der Waals surface area contributed by atoms with E-state index in [1.807, 2.05) is 6.92 Å². The van der Waals surface area contributed by atoms with Gasteiger partial charge < -0.3 is 26.2 Å². The summed E-state index contributed by atoms with van der Waals surface area (Å²) in [6.45, 7) is 1.73. The summed E-state index contributed by atoms with van der Waals surface area (Å²) in [7, 11) is 0. The fourth-order valence-corrected chi connectivity index (χ4v) is 4.76. The van der Waals surface area contributed by atoms with Gasteiger partial charge in [0.1, 0.15) is 11.8 Å². The van der Waals surface area contributed by atoms with Gasteiger partial charge in [0.25, 0.3) is 17.7 Å². The van der Waals surface area contributed by atoms with Crippen molar-refractivity contribution in [2.75, 3.05) is 6.54 Å². The maximum Gasteiger partial charge on any atom is 0.328 e. The Morgan fingerprint density at radius 1 is 0.971 bits per heavy atom. The Balaban J connectivity index is 1.65. The molecule has 5 N–H and O–H groups in total. The molecule has 178 valence electrons. The highest BCUT2D eigenvalue weighted by molar-refractivity contribution is 7.16. The van der Waals surface area contributed by atoms with Crippen LogP contribution < -0.4 is 16.0 Å². The normalized spacial score (nSPS) is 11.4. The molecule has 3 amide bonds. The number of hydrogen-bond acceptors (Lipinski definition) is 7. The quantitative estimate of drug-likeness (QED) is 0.289. The summed E-state index contributed by atoms with van der Waals surface area (Å²) in [5.74, 6) is -2.65. The molecule has 0 aliphatic rings. The molecule has 0 radical (unpaired) electrons. The minimum atomic E-state index is -1.34. The van der Waals surface area contributed by atoms with E-state index in [2.05, 4.69) is 16.0 Å². The molecule has 0 aliphatic heterocycles. The van der Waals surface area contributed by atoms with Crippen molar-refractivity contribution in [1.82, 2.24) is 16.0 Å². The number of carboxylic acids is 1. The number of benzene rings is 1. The van der Waals surface area contributed by atoms with E-state index in [1.165, 1.54) is 23.5 Å². The number of carbonyl (C=O) groups excluding carboxylic acids is 3. The Kier molecular flexibility index (Phi) is 8.39. The molecule has 11 heteroatoms. The second-order valence-corrected chi connectivity index (χ2v) is 9.22. The minimum Gasteiger partial charge on any atom is -0.508 e. The van der Waals surface area contributed by atoms with Gasteiger partial charge in [0.05, 0.1) is 14.6 Å². The number of aryl methyl sites for hydroxylation is 1. The third-order valence-corrected chi connectivity index (χ3v) is 6.84. The topological polar surface area (TPSA) is 145 Å². The Bertz CT molecular complexity index is 1190. The molecule has 2 aromatic heterocycles. The summed E-state index contributed by atoms with van der Waals surface area (Å²) in [4.78, 5) is 50.1. The molecule has 34 heavy (non-hydrogen) atoms. The van der Waals surface area contributed by atoms with Gasteiger partial charge in [-0.2, -0.15) is 0 Å². The van der Waals surface area contributed by atoms with Crippen molar-refractivity contribution in [1.29, 1.82) is 0 Å². The Morgan fingerprint density at radius 2 is 1.74 bits per heavy atom. The first kappa shape index (κ1) is 24.9. The first-order valence-corrected chi connectivity index (χ1v) is 12.0. The number of nitrogens with one attached hydrogen (secondary N) is 3. The van der Waals surface area contributed by atoms with Crippen LogP contribution in [0.15, 0.2) is 47.8 Å². The van der Waals surface area contributed by atoms with Crippen LogP contribution in [0.25, 0.3) is 0 Å². The third-order valence-electron chi connectivity index (χ3n) is 4.80. The molecule has 0 bridgehead atoms. The summed E-state index contributed by atoms with van der Waals surface area (Å²) in [6.07, 6.45) is 0.464. The van der Waals surface area contributed by atoms with E-state index >= 15 is 0 Å². The van der Waals surface area contributed by atoms with E-state index in [0.29, 0.717) is 27.3 Å². The molecule has 2 heterocycles. The molecule has 0 saturated carbocycles. The van der Waals surface area contributed by atoms with E-state index < -0.39 is 23.8 Å². The smallest absolute Gasteiger partial charge is 0.328 e. The number of hydrogen-bond donors (Lipinski definition) is 5. The molecule has 0 saturated heterocycles. The van der Waals surface area contributed by atoms with Gasteiger partial charge in [-0.05, 0) is 47.2 Å². The molecule has 3 rings (SSSR count). The van der Waals surface area contributed by atoms with E-state index in [-0.39, 0.29) is 29.6 Å². The van der Waals surface area contributed by atoms with Crippen LogP contribution in [-0.4, -0.2) is 46.5 Å². The van der Waals surface area contributed by atoms with Gasteiger partial charge in [-0.15, -0.1) is 22.7 Å². The Labute approximate surface area is 203 Å². The zero-order valence-corrected chi connectivity index (χ0v) is 19.8. The first-order valence-electron chi connectivity index (χ1n) is 10.3. The molecule has 1 atom stereocenters. The van der Waals surface area contributed by atoms with Gasteiger partial charge in [0.15, 0.2) is 0 Å². The average molecular weight is 502 g/mol. The molecule has 0 fully saturated rings. The van der Waals surface area contributed by atoms with Crippen LogP contribution in [0.4, 0.5) is 0 Å². The zero-order valence-electron chi connectivity index (χ0n) is 18.2. The highest BCUT2D eigenvalue weighted by atomic mass is 32.1. The number of carbonyl (C=O) groups is 4. The first-order chi connectivity index (χ1) is 16.3. The lowest BCUT2D eigenvalue weighted by molar-refractivity contribution is -0.139. The Morgan fingerprint density at radius 3 is 2.38 bits per heavy atom. The second-order valence-electron chi connectivity index (χ2n) is 7.22. The van der Waals surface area contributed by atoms with Crippen molar-refractivity contribution in [3.8, 4) is 5.75 Å². The summed E-state index contributed by atoms with van der Waals surface area (Å²) in [5, 5.41) is 28.4. The van der Waals surface area contributed by atoms with Gasteiger partial charge in [0, 0.05) is 13.1 Å². The van der Waals surface area contributed by atoms with Crippen molar-refractivity contribution in [2.24, 2.45) is 0 Å². The van der Waals surface area contributed by atoms with Crippen LogP contribution in [0.2, 0.25) is 0 Å². The highest BCUT2D eigenvalue weighted by Crippen LogP contribution is 2.24. The maximum atomic E-state index is 12.8. The van der Waals surface area contributed by atoms with Crippen LogP contribution in [-0.2, 0) is 17.8 Å². The van der Waals surface area contributed by atoms with Crippen LogP contribution in [0.1, 0.15) is 47.1 Å². The molecule has 0 aliphatic carbocycles. The number of carboxylic acid groups (broad SMARTS) is 1. The highest BCUT2D eigenvalue weighted by Gasteiger charge is 2.25. The monoisotopic (exact) mass is 501 g/mol. The average Bonchev–Trinajstić information content (AvgIpc) is 3.50. The van der Waals surface area contributed by atoms with Crippen molar-refractivity contribution >= 4 is 46.4 Å². The standard InChI is InChI=1S/C23H23N3O6S2/c1-2-14-10-18(21(29)24-11-13-5-3-6-15(27)9-13)34-19(14)22(30)26-16(23(31)32)12-25-20(28)17-7-4-8-33-17/h3-10,16,27H,2,11-12H2,1H3,(H,24,29)(H,25,28)(H,26,30)(H,31,32). The predicted octanol–water partition coefficient (Wildman–Crippen LogP) is 2.62.